The van der Waals surface area contributed by atoms with E-state index < -0.39 is 21.5 Å². The molecule has 1 saturated carbocycles. The van der Waals surface area contributed by atoms with Gasteiger partial charge in [0.2, 0.25) is 0 Å². The van der Waals surface area contributed by atoms with E-state index in [1.54, 1.807) is 13.0 Å². The Balaban J connectivity index is 1.46. The first-order valence-electron chi connectivity index (χ1n) is 12.3. The van der Waals surface area contributed by atoms with Gasteiger partial charge in [0.1, 0.15) is 17.8 Å². The van der Waals surface area contributed by atoms with Crippen molar-refractivity contribution in [2.24, 2.45) is 11.3 Å². The summed E-state index contributed by atoms with van der Waals surface area (Å²) in [4.78, 5) is 13.0. The Morgan fingerprint density at radius 2 is 2.05 bits per heavy atom. The van der Waals surface area contributed by atoms with Crippen LogP contribution < -0.4 is 10.3 Å². The molecule has 0 saturated heterocycles. The molecule has 0 radical (unpaired) electrons. The van der Waals surface area contributed by atoms with Gasteiger partial charge in [-0.1, -0.05) is 35.9 Å². The maximum Gasteiger partial charge on any atom is 0.303 e. The van der Waals surface area contributed by atoms with Crippen molar-refractivity contribution in [3.05, 3.63) is 63.7 Å². The van der Waals surface area contributed by atoms with Crippen LogP contribution in [0.25, 0.3) is 5.70 Å². The molecule has 2 aliphatic carbocycles. The number of hydrogen-bond donors (Lipinski definition) is 1. The van der Waals surface area contributed by atoms with Crippen molar-refractivity contribution in [1.82, 2.24) is 14.0 Å². The van der Waals surface area contributed by atoms with Crippen molar-refractivity contribution in [3.63, 3.8) is 0 Å². The largest absolute Gasteiger partial charge is 0.499 e. The third-order valence-electron chi connectivity index (χ3n) is 7.23. The lowest BCUT2D eigenvalue weighted by molar-refractivity contribution is 0.241. The van der Waals surface area contributed by atoms with Crippen LogP contribution in [0, 0.1) is 23.2 Å². The van der Waals surface area contributed by atoms with Crippen LogP contribution in [-0.4, -0.2) is 36.1 Å². The zero-order valence-electron chi connectivity index (χ0n) is 20.8. The number of aromatic nitrogens is 2. The molecule has 5 rings (SSSR count). The molecule has 1 N–H and O–H groups in total. The zero-order valence-corrected chi connectivity index (χ0v) is 21.6. The first-order chi connectivity index (χ1) is 17.7. The van der Waals surface area contributed by atoms with Crippen LogP contribution in [0.4, 0.5) is 10.2 Å². The Bertz CT molecular complexity index is 1480. The first-order valence-corrected chi connectivity index (χ1v) is 13.7. The molecule has 3 aliphatic rings. The number of ether oxygens (including phenoxy) is 1. The summed E-state index contributed by atoms with van der Waals surface area (Å²) in [7, 11) is -2.40. The maximum absolute atomic E-state index is 15.6. The number of rotatable bonds is 5. The van der Waals surface area contributed by atoms with E-state index in [1.165, 1.54) is 40.5 Å². The molecule has 1 unspecified atom stereocenters. The van der Waals surface area contributed by atoms with Crippen molar-refractivity contribution < 1.29 is 22.1 Å². The zero-order chi connectivity index (χ0) is 26.2. The highest BCUT2D eigenvalue weighted by atomic mass is 32.2. The molecule has 2 aromatic heterocycles. The minimum atomic E-state index is -3.90. The van der Waals surface area contributed by atoms with E-state index in [0.717, 1.165) is 25.7 Å². The van der Waals surface area contributed by atoms with Gasteiger partial charge in [-0.25, -0.2) is 4.39 Å². The molecule has 196 valence electrons. The highest BCUT2D eigenvalue weighted by Gasteiger charge is 2.37. The number of hydrogen-bond acceptors (Lipinski definition) is 6. The second-order valence-electron chi connectivity index (χ2n) is 9.82. The van der Waals surface area contributed by atoms with Crippen molar-refractivity contribution >= 4 is 21.7 Å². The van der Waals surface area contributed by atoms with Crippen LogP contribution in [0.3, 0.4) is 0 Å². The predicted molar refractivity (Wildman–Crippen MR) is 136 cm³/mol. The monoisotopic (exact) mass is 528 g/mol. The van der Waals surface area contributed by atoms with E-state index in [4.69, 9.17) is 9.26 Å². The Hall–Kier alpha value is -3.36. The van der Waals surface area contributed by atoms with Crippen molar-refractivity contribution in [2.45, 2.75) is 52.0 Å². The van der Waals surface area contributed by atoms with Crippen molar-refractivity contribution in [2.75, 3.05) is 18.4 Å². The quantitative estimate of drug-likeness (QED) is 0.592. The van der Waals surface area contributed by atoms with Crippen molar-refractivity contribution in [1.29, 1.82) is 0 Å². The lowest BCUT2D eigenvalue weighted by atomic mass is 9.80. The first kappa shape index (κ1) is 25.3. The van der Waals surface area contributed by atoms with Crippen LogP contribution in [0.1, 0.15) is 50.3 Å². The lowest BCUT2D eigenvalue weighted by Crippen LogP contribution is -2.41. The van der Waals surface area contributed by atoms with Gasteiger partial charge in [0.05, 0.1) is 18.2 Å². The van der Waals surface area contributed by atoms with Crippen LogP contribution in [-0.2, 0) is 27.9 Å². The van der Waals surface area contributed by atoms with Gasteiger partial charge < -0.3 is 9.26 Å². The highest BCUT2D eigenvalue weighted by molar-refractivity contribution is 7.90. The second kappa shape index (κ2) is 9.84. The summed E-state index contributed by atoms with van der Waals surface area (Å²) in [5, 5.41) is 3.59. The third kappa shape index (κ3) is 4.95. The van der Waals surface area contributed by atoms with Gasteiger partial charge in [-0.3, -0.25) is 14.1 Å². The van der Waals surface area contributed by atoms with E-state index in [-0.39, 0.29) is 37.3 Å². The maximum atomic E-state index is 15.6. The fourth-order valence-corrected chi connectivity index (χ4v) is 6.26. The van der Waals surface area contributed by atoms with Gasteiger partial charge >= 0.3 is 10.2 Å². The standard InChI is InChI=1S/C26H29FN4O5S/c1-26(12-9-18-5-3-4-6-18)16-22(35-2)21(15-23(26)27)31-20-10-13-30(17-19(20)7-8-25(31)32)37(33,34)29-24-11-14-36-28-24/h7-8,11,14-15,18H,3-6,10,13,16-17H2,1-2H3,(H,28,29). The van der Waals surface area contributed by atoms with Crippen LogP contribution in [0.15, 0.2) is 51.4 Å². The van der Waals surface area contributed by atoms with E-state index in [2.05, 4.69) is 21.7 Å². The van der Waals surface area contributed by atoms with E-state index in [1.807, 2.05) is 0 Å². The number of anilines is 1. The molecule has 0 spiro atoms. The Kier molecular flexibility index (Phi) is 6.72. The number of allylic oxidation sites excluding steroid dienone is 4. The van der Waals surface area contributed by atoms with Crippen LogP contribution in [0.2, 0.25) is 0 Å². The molecule has 0 bridgehead atoms. The number of nitrogens with zero attached hydrogens (tertiary/aromatic N) is 3. The fraction of sp³-hybridized carbons (Fsp3) is 0.462. The van der Waals surface area contributed by atoms with Gasteiger partial charge in [-0.2, -0.15) is 12.7 Å². The summed E-state index contributed by atoms with van der Waals surface area (Å²) in [6, 6.07) is 4.38. The summed E-state index contributed by atoms with van der Waals surface area (Å²) in [5.41, 5.74) is 0.203. The highest BCUT2D eigenvalue weighted by Crippen LogP contribution is 2.42. The molecule has 0 aromatic carbocycles. The van der Waals surface area contributed by atoms with Crippen LogP contribution >= 0.6 is 0 Å². The Labute approximate surface area is 215 Å². The van der Waals surface area contributed by atoms with Gasteiger partial charge in [0, 0.05) is 49.7 Å². The van der Waals surface area contributed by atoms with Gasteiger partial charge in [-0.05, 0) is 31.4 Å². The molecule has 2 aromatic rings. The number of nitrogens with one attached hydrogen (secondary N) is 1. The van der Waals surface area contributed by atoms with Gasteiger partial charge in [0.15, 0.2) is 5.82 Å². The third-order valence-corrected chi connectivity index (χ3v) is 8.69. The molecule has 3 heterocycles. The summed E-state index contributed by atoms with van der Waals surface area (Å²) < 4.78 is 56.7. The second-order valence-corrected chi connectivity index (χ2v) is 11.5. The molecular formula is C26H29FN4O5S. The van der Waals surface area contributed by atoms with E-state index in [0.29, 0.717) is 28.6 Å². The lowest BCUT2D eigenvalue weighted by Gasteiger charge is -2.32. The number of methoxy groups -OCH3 is 1. The minimum Gasteiger partial charge on any atom is -0.499 e. The Morgan fingerprint density at radius 3 is 2.76 bits per heavy atom. The molecule has 11 heteroatoms. The minimum absolute atomic E-state index is 0.0369. The molecule has 0 amide bonds. The SMILES string of the molecule is COC1=C(n2c3c(ccc2=O)CN(S(=O)(=O)Nc2ccon2)CC3)C=C(F)C(C)(C#CC2CCCC2)C1. The number of fused-ring (bicyclic) bond motifs is 1. The predicted octanol–water partition coefficient (Wildman–Crippen LogP) is 3.82. The summed E-state index contributed by atoms with van der Waals surface area (Å²) in [6.07, 6.45) is 7.43. The van der Waals surface area contributed by atoms with Crippen LogP contribution in [0.5, 0.6) is 0 Å². The smallest absolute Gasteiger partial charge is 0.303 e. The van der Waals surface area contributed by atoms with Gasteiger partial charge in [-0.15, -0.1) is 0 Å². The Morgan fingerprint density at radius 1 is 1.27 bits per heavy atom. The molecule has 9 nitrogen and oxygen atoms in total. The van der Waals surface area contributed by atoms with Crippen molar-refractivity contribution in [3.8, 4) is 11.8 Å². The average Bonchev–Trinajstić information content (AvgIpc) is 3.58. The molecule has 1 atom stereocenters. The average molecular weight is 529 g/mol. The van der Waals surface area contributed by atoms with Gasteiger partial charge in [0.25, 0.3) is 5.56 Å². The topological polar surface area (TPSA) is 107 Å². The van der Waals surface area contributed by atoms with E-state index in [9.17, 15) is 13.2 Å². The summed E-state index contributed by atoms with van der Waals surface area (Å²) >= 11 is 0. The molecule has 1 aliphatic heterocycles. The molecule has 37 heavy (non-hydrogen) atoms. The summed E-state index contributed by atoms with van der Waals surface area (Å²) in [5.74, 6) is 6.83. The number of pyridine rings is 1. The fourth-order valence-electron chi connectivity index (χ4n) is 5.12. The summed E-state index contributed by atoms with van der Waals surface area (Å²) in [6.45, 7) is 1.91. The van der Waals surface area contributed by atoms with E-state index >= 15 is 4.39 Å². The molecular weight excluding hydrogens is 499 g/mol. The number of halogens is 1. The molecule has 1 fully saturated rings. The normalized spacial score (nSPS) is 22.7.